The highest BCUT2D eigenvalue weighted by Gasteiger charge is 2.22. The molecule has 6 nitrogen and oxygen atoms in total. The van der Waals surface area contributed by atoms with Crippen molar-refractivity contribution in [1.82, 2.24) is 15.5 Å². The molecule has 0 saturated heterocycles. The predicted molar refractivity (Wildman–Crippen MR) is 85.8 cm³/mol. The minimum Gasteiger partial charge on any atom is -0.388 e. The second kappa shape index (κ2) is 6.97. The van der Waals surface area contributed by atoms with Gasteiger partial charge >= 0.3 is 6.03 Å². The molecule has 0 aromatic carbocycles. The van der Waals surface area contributed by atoms with Crippen molar-refractivity contribution in [2.75, 3.05) is 11.9 Å². The molecule has 3 N–H and O–H groups in total. The van der Waals surface area contributed by atoms with E-state index in [9.17, 15) is 9.90 Å². The molecule has 0 radical (unpaired) electrons. The highest BCUT2D eigenvalue weighted by atomic mass is 32.1. The van der Waals surface area contributed by atoms with Crippen LogP contribution in [0.25, 0.3) is 10.6 Å². The minimum absolute atomic E-state index is 0.210. The molecule has 0 unspecified atom stereocenters. The van der Waals surface area contributed by atoms with Crippen LogP contribution < -0.4 is 10.6 Å². The number of urea groups is 1. The number of anilines is 1. The largest absolute Gasteiger partial charge is 0.388 e. The zero-order chi connectivity index (χ0) is 15.3. The van der Waals surface area contributed by atoms with Gasteiger partial charge in [0.05, 0.1) is 5.60 Å². The summed E-state index contributed by atoms with van der Waals surface area (Å²) in [4.78, 5) is 11.8. The van der Waals surface area contributed by atoms with Gasteiger partial charge in [-0.2, -0.15) is 11.3 Å². The van der Waals surface area contributed by atoms with Gasteiger partial charge in [-0.25, -0.2) is 4.79 Å². The number of nitrogens with one attached hydrogen (secondary N) is 2. The van der Waals surface area contributed by atoms with E-state index in [1.807, 2.05) is 30.7 Å². The molecule has 2 aromatic rings. The molecule has 0 bridgehead atoms. The summed E-state index contributed by atoms with van der Waals surface area (Å²) in [7, 11) is 0. The summed E-state index contributed by atoms with van der Waals surface area (Å²) in [5, 5.41) is 28.5. The second-order valence-electron chi connectivity index (χ2n) is 4.66. The van der Waals surface area contributed by atoms with Crippen molar-refractivity contribution in [3.8, 4) is 10.6 Å². The molecular weight excluding hydrogens is 308 g/mol. The van der Waals surface area contributed by atoms with Crippen LogP contribution in [0.2, 0.25) is 0 Å². The Morgan fingerprint density at radius 2 is 2.14 bits per heavy atom. The first-order valence-electron chi connectivity index (χ1n) is 6.69. The van der Waals surface area contributed by atoms with Crippen molar-refractivity contribution in [2.45, 2.75) is 32.3 Å². The number of carbonyl (C=O) groups is 1. The van der Waals surface area contributed by atoms with Crippen molar-refractivity contribution in [3.05, 3.63) is 16.8 Å². The quantitative estimate of drug-likeness (QED) is 0.761. The van der Waals surface area contributed by atoms with Crippen LogP contribution in [-0.2, 0) is 0 Å². The number of hydrogen-bond donors (Lipinski definition) is 3. The number of amides is 2. The fraction of sp³-hybridized carbons (Fsp3) is 0.462. The van der Waals surface area contributed by atoms with Gasteiger partial charge < -0.3 is 10.4 Å². The van der Waals surface area contributed by atoms with E-state index in [0.29, 0.717) is 18.0 Å². The van der Waals surface area contributed by atoms with Crippen LogP contribution in [-0.4, -0.2) is 33.5 Å². The molecule has 0 aliphatic rings. The Morgan fingerprint density at radius 1 is 1.38 bits per heavy atom. The van der Waals surface area contributed by atoms with Crippen LogP contribution in [0, 0.1) is 0 Å². The molecule has 8 heteroatoms. The Morgan fingerprint density at radius 3 is 2.76 bits per heavy atom. The van der Waals surface area contributed by atoms with E-state index < -0.39 is 5.60 Å². The van der Waals surface area contributed by atoms with E-state index in [1.54, 1.807) is 11.3 Å². The molecule has 0 fully saturated rings. The van der Waals surface area contributed by atoms with Crippen LogP contribution in [0.4, 0.5) is 9.93 Å². The van der Waals surface area contributed by atoms with Crippen LogP contribution in [0.3, 0.4) is 0 Å². The van der Waals surface area contributed by atoms with Crippen LogP contribution in [0.15, 0.2) is 16.8 Å². The van der Waals surface area contributed by atoms with Crippen molar-refractivity contribution in [1.29, 1.82) is 0 Å². The Hall–Kier alpha value is -1.51. The molecule has 0 atom stereocenters. The SMILES string of the molecule is CCC(O)(CC)CNC(=O)Nc1nnc(-c2ccsc2)s1. The first-order chi connectivity index (χ1) is 10.1. The van der Waals surface area contributed by atoms with Crippen LogP contribution in [0.5, 0.6) is 0 Å². The molecule has 2 rings (SSSR count). The van der Waals surface area contributed by atoms with E-state index in [4.69, 9.17) is 0 Å². The third kappa shape index (κ3) is 4.23. The number of hydrogen-bond acceptors (Lipinski definition) is 6. The van der Waals surface area contributed by atoms with Crippen molar-refractivity contribution >= 4 is 33.8 Å². The molecule has 0 aliphatic heterocycles. The van der Waals surface area contributed by atoms with Crippen molar-refractivity contribution in [3.63, 3.8) is 0 Å². The lowest BCUT2D eigenvalue weighted by Gasteiger charge is -2.25. The smallest absolute Gasteiger partial charge is 0.321 e. The molecule has 2 aromatic heterocycles. The maximum absolute atomic E-state index is 11.8. The molecule has 0 saturated carbocycles. The molecule has 2 amide bonds. The zero-order valence-corrected chi connectivity index (χ0v) is 13.6. The average molecular weight is 326 g/mol. The Kier molecular flexibility index (Phi) is 5.27. The maximum Gasteiger partial charge on any atom is 0.321 e. The van der Waals surface area contributed by atoms with E-state index in [2.05, 4.69) is 20.8 Å². The number of carbonyl (C=O) groups excluding carboxylic acids is 1. The zero-order valence-electron chi connectivity index (χ0n) is 11.9. The first kappa shape index (κ1) is 15.9. The molecule has 2 heterocycles. The third-order valence-electron chi connectivity index (χ3n) is 3.31. The van der Waals surface area contributed by atoms with E-state index in [1.165, 1.54) is 11.3 Å². The number of aromatic nitrogens is 2. The van der Waals surface area contributed by atoms with Gasteiger partial charge in [0, 0.05) is 17.5 Å². The third-order valence-corrected chi connectivity index (χ3v) is 4.88. The van der Waals surface area contributed by atoms with E-state index >= 15 is 0 Å². The number of nitrogens with zero attached hydrogens (tertiary/aromatic N) is 2. The highest BCUT2D eigenvalue weighted by Crippen LogP contribution is 2.27. The summed E-state index contributed by atoms with van der Waals surface area (Å²) in [6.45, 7) is 3.99. The number of rotatable bonds is 6. The Bertz CT molecular complexity index is 579. The lowest BCUT2D eigenvalue weighted by molar-refractivity contribution is 0.0354. The number of aliphatic hydroxyl groups is 1. The Labute approximate surface area is 131 Å². The van der Waals surface area contributed by atoms with Gasteiger partial charge in [-0.3, -0.25) is 5.32 Å². The van der Waals surface area contributed by atoms with Gasteiger partial charge in [-0.1, -0.05) is 25.2 Å². The average Bonchev–Trinajstić information content (AvgIpc) is 3.15. The van der Waals surface area contributed by atoms with E-state index in [-0.39, 0.29) is 12.6 Å². The first-order valence-corrected chi connectivity index (χ1v) is 8.45. The summed E-state index contributed by atoms with van der Waals surface area (Å²) < 4.78 is 0. The van der Waals surface area contributed by atoms with E-state index in [0.717, 1.165) is 10.6 Å². The molecule has 0 spiro atoms. The normalized spacial score (nSPS) is 11.4. The summed E-state index contributed by atoms with van der Waals surface area (Å²) in [5.74, 6) is 0. The topological polar surface area (TPSA) is 87.1 Å². The lowest BCUT2D eigenvalue weighted by Crippen LogP contribution is -2.43. The molecular formula is C13H18N4O2S2. The fourth-order valence-electron chi connectivity index (χ4n) is 1.66. The second-order valence-corrected chi connectivity index (χ2v) is 6.42. The summed E-state index contributed by atoms with van der Waals surface area (Å²) in [5.41, 5.74) is 0.137. The highest BCUT2D eigenvalue weighted by molar-refractivity contribution is 7.19. The fourth-order valence-corrected chi connectivity index (χ4v) is 3.11. The molecule has 0 aliphatic carbocycles. The maximum atomic E-state index is 11.8. The molecule has 114 valence electrons. The van der Waals surface area contributed by atoms with Gasteiger partial charge in [0.25, 0.3) is 0 Å². The van der Waals surface area contributed by atoms with Crippen molar-refractivity contribution in [2.24, 2.45) is 0 Å². The minimum atomic E-state index is -0.861. The van der Waals surface area contributed by atoms with Gasteiger partial charge in [-0.05, 0) is 24.3 Å². The number of thiophene rings is 1. The van der Waals surface area contributed by atoms with Crippen molar-refractivity contribution < 1.29 is 9.90 Å². The lowest BCUT2D eigenvalue weighted by atomic mass is 9.98. The summed E-state index contributed by atoms with van der Waals surface area (Å²) >= 11 is 2.90. The summed E-state index contributed by atoms with van der Waals surface area (Å²) in [6, 6.07) is 1.57. The standard InChI is InChI=1S/C13H18N4O2S2/c1-3-13(19,4-2)8-14-11(18)15-12-17-16-10(21-12)9-5-6-20-7-9/h5-7,19H,3-4,8H2,1-2H3,(H2,14,15,17,18). The van der Waals surface area contributed by atoms with Gasteiger partial charge in [-0.15, -0.1) is 10.2 Å². The molecule has 21 heavy (non-hydrogen) atoms. The predicted octanol–water partition coefficient (Wildman–Crippen LogP) is 2.94. The Balaban J connectivity index is 1.89. The van der Waals surface area contributed by atoms with Crippen LogP contribution in [0.1, 0.15) is 26.7 Å². The van der Waals surface area contributed by atoms with Gasteiger partial charge in [0.15, 0.2) is 0 Å². The van der Waals surface area contributed by atoms with Gasteiger partial charge in [0.1, 0.15) is 5.01 Å². The van der Waals surface area contributed by atoms with Gasteiger partial charge in [0.2, 0.25) is 5.13 Å². The summed E-state index contributed by atoms with van der Waals surface area (Å²) in [6.07, 6.45) is 1.18. The van der Waals surface area contributed by atoms with Crippen LogP contribution >= 0.6 is 22.7 Å². The monoisotopic (exact) mass is 326 g/mol.